The van der Waals surface area contributed by atoms with Crippen LogP contribution < -0.4 is 16.3 Å². The van der Waals surface area contributed by atoms with Crippen molar-refractivity contribution >= 4 is 28.5 Å². The summed E-state index contributed by atoms with van der Waals surface area (Å²) in [6.07, 6.45) is -4.55. The third-order valence-electron chi connectivity index (χ3n) is 4.25. The summed E-state index contributed by atoms with van der Waals surface area (Å²) in [5.41, 5.74) is 0.752. The fourth-order valence-electron chi connectivity index (χ4n) is 2.92. The maximum Gasteiger partial charge on any atom is 0.405 e. The van der Waals surface area contributed by atoms with Gasteiger partial charge in [0.2, 0.25) is 5.91 Å². The molecule has 2 aromatic carbocycles. The van der Waals surface area contributed by atoms with Gasteiger partial charge in [0.05, 0.1) is 22.3 Å². The van der Waals surface area contributed by atoms with Crippen molar-refractivity contribution in [2.45, 2.75) is 12.7 Å². The molecule has 0 fully saturated rings. The zero-order valence-corrected chi connectivity index (χ0v) is 15.3. The lowest BCUT2D eigenvalue weighted by atomic mass is 10.1. The highest BCUT2D eigenvalue weighted by Crippen LogP contribution is 2.17. The van der Waals surface area contributed by atoms with Crippen LogP contribution in [-0.4, -0.2) is 33.7 Å². The van der Waals surface area contributed by atoms with Crippen molar-refractivity contribution in [1.29, 1.82) is 0 Å². The number of alkyl halides is 3. The van der Waals surface area contributed by atoms with Gasteiger partial charge in [-0.25, -0.2) is 4.79 Å². The molecule has 2 amide bonds. The number of anilines is 1. The van der Waals surface area contributed by atoms with E-state index in [9.17, 15) is 27.6 Å². The molecule has 0 spiro atoms. The number of carbonyl (C=O) groups excluding carboxylic acids is 2. The number of fused-ring (bicyclic) bond motifs is 1. The van der Waals surface area contributed by atoms with E-state index in [1.165, 1.54) is 33.4 Å². The van der Waals surface area contributed by atoms with E-state index < -0.39 is 30.2 Å². The van der Waals surface area contributed by atoms with Gasteiger partial charge in [0.15, 0.2) is 0 Å². The minimum absolute atomic E-state index is 0.0467. The lowest BCUT2D eigenvalue weighted by Gasteiger charge is -2.13. The van der Waals surface area contributed by atoms with Gasteiger partial charge in [-0.15, -0.1) is 0 Å². The summed E-state index contributed by atoms with van der Waals surface area (Å²) in [6.45, 7) is -1.81. The van der Waals surface area contributed by atoms with Crippen LogP contribution in [0, 0.1) is 0 Å². The number of aryl methyl sites for hydroxylation is 1. The molecule has 29 heavy (non-hydrogen) atoms. The van der Waals surface area contributed by atoms with Crippen LogP contribution in [0.1, 0.15) is 10.4 Å². The van der Waals surface area contributed by atoms with E-state index in [4.69, 9.17) is 0 Å². The first kappa shape index (κ1) is 20.2. The van der Waals surface area contributed by atoms with E-state index in [1.807, 2.05) is 0 Å². The van der Waals surface area contributed by atoms with Crippen LogP contribution >= 0.6 is 0 Å². The van der Waals surface area contributed by atoms with E-state index in [2.05, 4.69) is 5.32 Å². The van der Waals surface area contributed by atoms with Crippen LogP contribution in [0.15, 0.2) is 53.3 Å². The minimum Gasteiger partial charge on any atom is -0.343 e. The molecule has 152 valence electrons. The van der Waals surface area contributed by atoms with Crippen LogP contribution in [0.2, 0.25) is 0 Å². The van der Waals surface area contributed by atoms with Gasteiger partial charge in [-0.3, -0.25) is 18.7 Å². The van der Waals surface area contributed by atoms with Gasteiger partial charge in [-0.2, -0.15) is 13.2 Å². The minimum atomic E-state index is -4.55. The van der Waals surface area contributed by atoms with Crippen LogP contribution in [0.4, 0.5) is 18.9 Å². The topological polar surface area (TPSA) is 85.1 Å². The summed E-state index contributed by atoms with van der Waals surface area (Å²) in [5.74, 6) is -1.57. The van der Waals surface area contributed by atoms with Gasteiger partial charge in [-0.1, -0.05) is 24.3 Å². The number of imidazole rings is 1. The van der Waals surface area contributed by atoms with Crippen LogP contribution in [0.5, 0.6) is 0 Å². The van der Waals surface area contributed by atoms with Gasteiger partial charge < -0.3 is 10.6 Å². The molecule has 10 heteroatoms. The molecule has 1 heterocycles. The molecule has 0 aliphatic rings. The van der Waals surface area contributed by atoms with Crippen molar-refractivity contribution in [1.82, 2.24) is 14.5 Å². The fourth-order valence-corrected chi connectivity index (χ4v) is 2.92. The monoisotopic (exact) mass is 406 g/mol. The number of amides is 2. The van der Waals surface area contributed by atoms with Crippen molar-refractivity contribution < 1.29 is 22.8 Å². The second-order valence-corrected chi connectivity index (χ2v) is 6.31. The lowest BCUT2D eigenvalue weighted by Crippen LogP contribution is -2.34. The zero-order chi connectivity index (χ0) is 21.2. The quantitative estimate of drug-likeness (QED) is 0.682. The maximum atomic E-state index is 12.5. The third kappa shape index (κ3) is 4.48. The number of nitrogens with one attached hydrogen (secondary N) is 2. The molecular formula is C19H17F3N4O3. The summed E-state index contributed by atoms with van der Waals surface area (Å²) in [5, 5.41) is 4.25. The number of halogens is 3. The molecule has 0 aliphatic carbocycles. The fraction of sp³-hybridized carbons (Fsp3) is 0.211. The van der Waals surface area contributed by atoms with Crippen LogP contribution in [-0.2, 0) is 18.4 Å². The molecule has 0 atom stereocenters. The first-order chi connectivity index (χ1) is 13.7. The summed E-state index contributed by atoms with van der Waals surface area (Å²) in [7, 11) is 1.58. The van der Waals surface area contributed by atoms with Gasteiger partial charge in [0, 0.05) is 7.05 Å². The average molecular weight is 406 g/mol. The third-order valence-corrected chi connectivity index (χ3v) is 4.25. The lowest BCUT2D eigenvalue weighted by molar-refractivity contribution is -0.123. The molecule has 0 saturated carbocycles. The summed E-state index contributed by atoms with van der Waals surface area (Å²) in [4.78, 5) is 37.0. The SMILES string of the molecule is Cn1c(=O)n(CC(=O)Nc2ccccc2C(=O)NCC(F)(F)F)c2ccccc21. The number of hydrogen-bond acceptors (Lipinski definition) is 3. The Morgan fingerprint density at radius 3 is 2.31 bits per heavy atom. The Hall–Kier alpha value is -3.56. The van der Waals surface area contributed by atoms with E-state index in [1.54, 1.807) is 36.6 Å². The highest BCUT2D eigenvalue weighted by atomic mass is 19.4. The Morgan fingerprint density at radius 2 is 1.62 bits per heavy atom. The molecule has 3 rings (SSSR count). The van der Waals surface area contributed by atoms with Gasteiger partial charge >= 0.3 is 11.9 Å². The van der Waals surface area contributed by atoms with Gasteiger partial charge in [0.25, 0.3) is 5.91 Å². The predicted octanol–water partition coefficient (Wildman–Crippen LogP) is 2.27. The normalized spacial score (nSPS) is 11.4. The van der Waals surface area contributed by atoms with Gasteiger partial charge in [-0.05, 0) is 24.3 Å². The standard InChI is InChI=1S/C19H17F3N4O3/c1-25-14-8-4-5-9-15(14)26(18(25)29)10-16(27)24-13-7-3-2-6-12(13)17(28)23-11-19(20,21)22/h2-9H,10-11H2,1H3,(H,23,28)(H,24,27). The summed E-state index contributed by atoms with van der Waals surface area (Å²) >= 11 is 0. The van der Waals surface area contributed by atoms with E-state index >= 15 is 0 Å². The molecular weight excluding hydrogens is 389 g/mol. The van der Waals surface area contributed by atoms with Crippen molar-refractivity contribution in [3.8, 4) is 0 Å². The largest absolute Gasteiger partial charge is 0.405 e. The molecule has 3 aromatic rings. The summed E-state index contributed by atoms with van der Waals surface area (Å²) in [6, 6.07) is 12.6. The molecule has 7 nitrogen and oxygen atoms in total. The maximum absolute atomic E-state index is 12.5. The Labute approximate surface area is 162 Å². The van der Waals surface area contributed by atoms with Gasteiger partial charge in [0.1, 0.15) is 13.1 Å². The van der Waals surface area contributed by atoms with Crippen molar-refractivity contribution in [3.63, 3.8) is 0 Å². The highest BCUT2D eigenvalue weighted by Gasteiger charge is 2.28. The predicted molar refractivity (Wildman–Crippen MR) is 101 cm³/mol. The van der Waals surface area contributed by atoms with E-state index in [0.717, 1.165) is 0 Å². The molecule has 2 N–H and O–H groups in total. The van der Waals surface area contributed by atoms with Crippen molar-refractivity contribution in [2.24, 2.45) is 7.05 Å². The van der Waals surface area contributed by atoms with E-state index in [-0.39, 0.29) is 17.8 Å². The second-order valence-electron chi connectivity index (χ2n) is 6.31. The Morgan fingerprint density at radius 1 is 1.00 bits per heavy atom. The Kier molecular flexibility index (Phi) is 5.44. The number of hydrogen-bond donors (Lipinski definition) is 2. The Balaban J connectivity index is 1.80. The molecule has 0 radical (unpaired) electrons. The number of benzene rings is 2. The van der Waals surface area contributed by atoms with Crippen molar-refractivity contribution in [2.75, 3.05) is 11.9 Å². The molecule has 0 aliphatic heterocycles. The molecule has 1 aromatic heterocycles. The number of para-hydroxylation sites is 3. The average Bonchev–Trinajstić information content (AvgIpc) is 2.91. The molecule has 0 unspecified atom stereocenters. The summed E-state index contributed by atoms with van der Waals surface area (Å²) < 4.78 is 39.7. The van der Waals surface area contributed by atoms with E-state index in [0.29, 0.717) is 11.0 Å². The number of rotatable bonds is 5. The van der Waals surface area contributed by atoms with Crippen LogP contribution in [0.25, 0.3) is 11.0 Å². The number of aromatic nitrogens is 2. The first-order valence-electron chi connectivity index (χ1n) is 8.55. The molecule has 0 bridgehead atoms. The van der Waals surface area contributed by atoms with Crippen molar-refractivity contribution in [3.05, 3.63) is 64.6 Å². The number of nitrogens with zero attached hydrogens (tertiary/aromatic N) is 2. The Bertz CT molecular complexity index is 1130. The highest BCUT2D eigenvalue weighted by molar-refractivity contribution is 6.03. The second kappa shape index (κ2) is 7.82. The smallest absolute Gasteiger partial charge is 0.343 e. The zero-order valence-electron chi connectivity index (χ0n) is 15.3. The van der Waals surface area contributed by atoms with Crippen LogP contribution in [0.3, 0.4) is 0 Å². The molecule has 0 saturated heterocycles. The number of carbonyl (C=O) groups is 2. The first-order valence-corrected chi connectivity index (χ1v) is 8.55.